The first kappa shape index (κ1) is 16.1. The number of anilines is 1. The molecule has 3 N–H and O–H groups in total. The van der Waals surface area contributed by atoms with Crippen molar-refractivity contribution in [2.75, 3.05) is 31.1 Å². The van der Waals surface area contributed by atoms with E-state index in [0.717, 1.165) is 45.2 Å². The largest absolute Gasteiger partial charge is 0.388 e. The van der Waals surface area contributed by atoms with Gasteiger partial charge in [-0.3, -0.25) is 4.98 Å². The first-order valence-corrected chi connectivity index (χ1v) is 8.54. The zero-order valence-corrected chi connectivity index (χ0v) is 13.5. The van der Waals surface area contributed by atoms with Gasteiger partial charge in [0, 0.05) is 44.3 Å². The number of rotatable bonds is 5. The molecule has 2 heterocycles. The Morgan fingerprint density at radius 1 is 1.26 bits per heavy atom. The van der Waals surface area contributed by atoms with E-state index in [9.17, 15) is 9.90 Å². The standard InChI is InChI=1S/C17H26N4O2/c22-16(20-13-17(23)6-1-7-17)19-12-14-4-10-21(11-5-14)15-2-8-18-9-3-15/h2-3,8-9,14,23H,1,4-7,10-13H2,(H2,19,20,22). The Morgan fingerprint density at radius 3 is 2.57 bits per heavy atom. The zero-order chi connectivity index (χ0) is 16.1. The molecule has 3 rings (SSSR count). The van der Waals surface area contributed by atoms with Crippen molar-refractivity contribution in [1.29, 1.82) is 0 Å². The molecule has 1 aliphatic carbocycles. The molecule has 0 atom stereocenters. The van der Waals surface area contributed by atoms with Gasteiger partial charge in [-0.1, -0.05) is 0 Å². The highest BCUT2D eigenvalue weighted by Gasteiger charge is 2.34. The van der Waals surface area contributed by atoms with Crippen molar-refractivity contribution in [2.45, 2.75) is 37.7 Å². The zero-order valence-electron chi connectivity index (χ0n) is 13.5. The van der Waals surface area contributed by atoms with Crippen molar-refractivity contribution in [3.8, 4) is 0 Å². The predicted octanol–water partition coefficient (Wildman–Crippen LogP) is 1.51. The molecule has 0 spiro atoms. The summed E-state index contributed by atoms with van der Waals surface area (Å²) >= 11 is 0. The van der Waals surface area contributed by atoms with E-state index in [1.807, 2.05) is 24.5 Å². The first-order chi connectivity index (χ1) is 11.1. The predicted molar refractivity (Wildman–Crippen MR) is 89.4 cm³/mol. The summed E-state index contributed by atoms with van der Waals surface area (Å²) in [4.78, 5) is 18.2. The van der Waals surface area contributed by atoms with Crippen LogP contribution in [0, 0.1) is 5.92 Å². The van der Waals surface area contributed by atoms with Gasteiger partial charge in [0.1, 0.15) is 0 Å². The van der Waals surface area contributed by atoms with Gasteiger partial charge in [0.25, 0.3) is 0 Å². The molecule has 2 amide bonds. The molecule has 0 bridgehead atoms. The summed E-state index contributed by atoms with van der Waals surface area (Å²) in [5, 5.41) is 15.7. The minimum absolute atomic E-state index is 0.165. The third kappa shape index (κ3) is 4.34. The highest BCUT2D eigenvalue weighted by molar-refractivity contribution is 5.73. The number of nitrogens with zero attached hydrogens (tertiary/aromatic N) is 2. The van der Waals surface area contributed by atoms with E-state index in [-0.39, 0.29) is 6.03 Å². The van der Waals surface area contributed by atoms with Crippen LogP contribution in [0.3, 0.4) is 0 Å². The van der Waals surface area contributed by atoms with Crippen molar-refractivity contribution < 1.29 is 9.90 Å². The highest BCUT2D eigenvalue weighted by atomic mass is 16.3. The molecule has 23 heavy (non-hydrogen) atoms. The van der Waals surface area contributed by atoms with Crippen LogP contribution in [0.1, 0.15) is 32.1 Å². The summed E-state index contributed by atoms with van der Waals surface area (Å²) in [5.41, 5.74) is 0.561. The van der Waals surface area contributed by atoms with E-state index in [2.05, 4.69) is 20.5 Å². The average Bonchev–Trinajstić information content (AvgIpc) is 2.57. The van der Waals surface area contributed by atoms with Crippen LogP contribution in [-0.2, 0) is 0 Å². The second-order valence-corrected chi connectivity index (χ2v) is 6.78. The number of hydrogen-bond donors (Lipinski definition) is 3. The Kier molecular flexibility index (Phi) is 5.00. The van der Waals surface area contributed by atoms with E-state index in [1.165, 1.54) is 5.69 Å². The number of piperidine rings is 1. The lowest BCUT2D eigenvalue weighted by Gasteiger charge is -2.36. The summed E-state index contributed by atoms with van der Waals surface area (Å²) in [6.45, 7) is 3.09. The molecule has 2 fully saturated rings. The molecule has 0 radical (unpaired) electrons. The Hall–Kier alpha value is -1.82. The highest BCUT2D eigenvalue weighted by Crippen LogP contribution is 2.30. The Labute approximate surface area is 137 Å². The van der Waals surface area contributed by atoms with E-state index >= 15 is 0 Å². The van der Waals surface area contributed by atoms with Crippen molar-refractivity contribution in [1.82, 2.24) is 15.6 Å². The quantitative estimate of drug-likeness (QED) is 0.769. The number of amides is 2. The Bertz CT molecular complexity index is 511. The van der Waals surface area contributed by atoms with Crippen LogP contribution in [0.5, 0.6) is 0 Å². The maximum absolute atomic E-state index is 11.8. The molecule has 6 nitrogen and oxygen atoms in total. The van der Waals surface area contributed by atoms with Crippen LogP contribution in [0.2, 0.25) is 0 Å². The third-order valence-electron chi connectivity index (χ3n) is 5.06. The van der Waals surface area contributed by atoms with Crippen molar-refractivity contribution in [3.05, 3.63) is 24.5 Å². The van der Waals surface area contributed by atoms with Crippen LogP contribution in [0.4, 0.5) is 10.5 Å². The second-order valence-electron chi connectivity index (χ2n) is 6.78. The topological polar surface area (TPSA) is 77.5 Å². The minimum Gasteiger partial charge on any atom is -0.388 e. The molecule has 2 aliphatic rings. The summed E-state index contributed by atoms with van der Waals surface area (Å²) in [6.07, 6.45) is 8.43. The lowest BCUT2D eigenvalue weighted by Crippen LogP contribution is -2.50. The van der Waals surface area contributed by atoms with E-state index < -0.39 is 5.60 Å². The monoisotopic (exact) mass is 318 g/mol. The number of nitrogens with one attached hydrogen (secondary N) is 2. The molecule has 1 aromatic rings. The summed E-state index contributed by atoms with van der Waals surface area (Å²) in [7, 11) is 0. The van der Waals surface area contributed by atoms with Crippen LogP contribution in [0.15, 0.2) is 24.5 Å². The van der Waals surface area contributed by atoms with Gasteiger partial charge in [-0.15, -0.1) is 0 Å². The molecule has 1 aromatic heterocycles. The van der Waals surface area contributed by atoms with Crippen LogP contribution < -0.4 is 15.5 Å². The molecule has 0 unspecified atom stereocenters. The van der Waals surface area contributed by atoms with E-state index in [1.54, 1.807) is 0 Å². The van der Waals surface area contributed by atoms with Crippen LogP contribution in [-0.4, -0.2) is 47.9 Å². The lowest BCUT2D eigenvalue weighted by molar-refractivity contribution is -0.0290. The molecular weight excluding hydrogens is 292 g/mol. The van der Waals surface area contributed by atoms with Gasteiger partial charge < -0.3 is 20.6 Å². The molecule has 1 saturated heterocycles. The smallest absolute Gasteiger partial charge is 0.314 e. The number of aromatic nitrogens is 1. The van der Waals surface area contributed by atoms with Gasteiger partial charge in [-0.25, -0.2) is 4.79 Å². The van der Waals surface area contributed by atoms with Gasteiger partial charge in [0.05, 0.1) is 5.60 Å². The number of aliphatic hydroxyl groups is 1. The normalized spacial score (nSPS) is 20.7. The van der Waals surface area contributed by atoms with E-state index in [0.29, 0.717) is 19.0 Å². The molecule has 0 aromatic carbocycles. The van der Waals surface area contributed by atoms with Crippen molar-refractivity contribution >= 4 is 11.7 Å². The van der Waals surface area contributed by atoms with Gasteiger partial charge in [0.15, 0.2) is 0 Å². The fourth-order valence-corrected chi connectivity index (χ4v) is 3.26. The van der Waals surface area contributed by atoms with Crippen molar-refractivity contribution in [2.24, 2.45) is 5.92 Å². The molecule has 126 valence electrons. The number of carbonyl (C=O) groups excluding carboxylic acids is 1. The number of pyridine rings is 1. The van der Waals surface area contributed by atoms with Crippen LogP contribution >= 0.6 is 0 Å². The minimum atomic E-state index is -0.660. The number of urea groups is 1. The van der Waals surface area contributed by atoms with Gasteiger partial charge in [-0.2, -0.15) is 0 Å². The maximum Gasteiger partial charge on any atom is 0.314 e. The average molecular weight is 318 g/mol. The van der Waals surface area contributed by atoms with Crippen LogP contribution in [0.25, 0.3) is 0 Å². The number of hydrogen-bond acceptors (Lipinski definition) is 4. The molecule has 1 aliphatic heterocycles. The summed E-state index contributed by atoms with van der Waals surface area (Å²) < 4.78 is 0. The first-order valence-electron chi connectivity index (χ1n) is 8.54. The van der Waals surface area contributed by atoms with Gasteiger partial charge in [-0.05, 0) is 50.2 Å². The van der Waals surface area contributed by atoms with Gasteiger partial charge >= 0.3 is 6.03 Å². The fourth-order valence-electron chi connectivity index (χ4n) is 3.26. The Morgan fingerprint density at radius 2 is 1.96 bits per heavy atom. The van der Waals surface area contributed by atoms with Crippen molar-refractivity contribution in [3.63, 3.8) is 0 Å². The lowest BCUT2D eigenvalue weighted by atomic mass is 9.80. The SMILES string of the molecule is O=C(NCC1CCN(c2ccncc2)CC1)NCC1(O)CCC1. The maximum atomic E-state index is 11.8. The number of carbonyl (C=O) groups is 1. The van der Waals surface area contributed by atoms with Gasteiger partial charge in [0.2, 0.25) is 0 Å². The molecule has 1 saturated carbocycles. The molecular formula is C17H26N4O2. The molecule has 6 heteroatoms. The fraction of sp³-hybridized carbons (Fsp3) is 0.647. The summed E-state index contributed by atoms with van der Waals surface area (Å²) in [5.74, 6) is 0.519. The second kappa shape index (κ2) is 7.17. The van der Waals surface area contributed by atoms with E-state index in [4.69, 9.17) is 0 Å². The third-order valence-corrected chi connectivity index (χ3v) is 5.06. The summed E-state index contributed by atoms with van der Waals surface area (Å²) in [6, 6.07) is 3.91. The Balaban J connectivity index is 1.33.